The standard InChI is InChI=1S/C14H22O6/c1-6-13(15)7-19-12(4,5)20-10(13)14(16)8-17-11(2,3)18-9-14/h1,10,15-16H,7-9H2,2-5H3. The van der Waals surface area contributed by atoms with E-state index < -0.39 is 28.9 Å². The summed E-state index contributed by atoms with van der Waals surface area (Å²) in [5, 5.41) is 21.2. The Morgan fingerprint density at radius 1 is 0.950 bits per heavy atom. The van der Waals surface area contributed by atoms with Gasteiger partial charge in [0.1, 0.15) is 11.7 Å². The van der Waals surface area contributed by atoms with Crippen LogP contribution in [0.3, 0.4) is 0 Å². The van der Waals surface area contributed by atoms with Gasteiger partial charge in [0, 0.05) is 0 Å². The lowest BCUT2D eigenvalue weighted by atomic mass is 9.83. The normalized spacial score (nSPS) is 39.0. The first-order valence-corrected chi connectivity index (χ1v) is 6.54. The smallest absolute Gasteiger partial charge is 0.177 e. The van der Waals surface area contributed by atoms with Gasteiger partial charge in [-0.15, -0.1) is 6.42 Å². The van der Waals surface area contributed by atoms with Crippen molar-refractivity contribution < 1.29 is 29.2 Å². The van der Waals surface area contributed by atoms with Crippen LogP contribution in [0, 0.1) is 12.3 Å². The predicted molar refractivity (Wildman–Crippen MR) is 69.6 cm³/mol. The number of aliphatic hydroxyl groups is 2. The van der Waals surface area contributed by atoms with Crippen molar-refractivity contribution in [3.63, 3.8) is 0 Å². The fraction of sp³-hybridized carbons (Fsp3) is 0.857. The molecule has 0 saturated carbocycles. The Balaban J connectivity index is 2.25. The molecule has 114 valence electrons. The second-order valence-corrected chi connectivity index (χ2v) is 6.34. The molecule has 2 unspecified atom stereocenters. The highest BCUT2D eigenvalue weighted by Crippen LogP contribution is 2.38. The lowest BCUT2D eigenvalue weighted by Gasteiger charge is -2.52. The average molecular weight is 286 g/mol. The van der Waals surface area contributed by atoms with E-state index in [1.807, 2.05) is 0 Å². The molecule has 2 fully saturated rings. The number of rotatable bonds is 1. The number of hydrogen-bond acceptors (Lipinski definition) is 6. The second kappa shape index (κ2) is 4.67. The van der Waals surface area contributed by atoms with E-state index in [1.165, 1.54) is 0 Å². The minimum atomic E-state index is -1.74. The first-order chi connectivity index (χ1) is 9.02. The molecule has 2 aliphatic rings. The Morgan fingerprint density at radius 2 is 1.45 bits per heavy atom. The van der Waals surface area contributed by atoms with Crippen molar-refractivity contribution in [3.05, 3.63) is 0 Å². The van der Waals surface area contributed by atoms with Crippen LogP contribution in [0.4, 0.5) is 0 Å². The van der Waals surface area contributed by atoms with Crippen molar-refractivity contribution in [2.45, 2.75) is 56.6 Å². The zero-order chi connectivity index (χ0) is 15.2. The van der Waals surface area contributed by atoms with Crippen LogP contribution >= 0.6 is 0 Å². The molecule has 0 aromatic heterocycles. The maximum absolute atomic E-state index is 10.7. The van der Waals surface area contributed by atoms with Gasteiger partial charge in [-0.1, -0.05) is 5.92 Å². The van der Waals surface area contributed by atoms with Crippen LogP contribution in [0.15, 0.2) is 0 Å². The van der Waals surface area contributed by atoms with E-state index >= 15 is 0 Å². The van der Waals surface area contributed by atoms with Gasteiger partial charge in [0.25, 0.3) is 0 Å². The summed E-state index contributed by atoms with van der Waals surface area (Å²) in [6.45, 7) is 6.63. The van der Waals surface area contributed by atoms with E-state index in [0.717, 1.165) is 0 Å². The third-order valence-electron chi connectivity index (χ3n) is 3.55. The van der Waals surface area contributed by atoms with E-state index in [1.54, 1.807) is 27.7 Å². The highest BCUT2D eigenvalue weighted by atomic mass is 16.7. The van der Waals surface area contributed by atoms with Gasteiger partial charge in [-0.25, -0.2) is 0 Å². The summed E-state index contributed by atoms with van der Waals surface area (Å²) in [6.07, 6.45) is 4.31. The van der Waals surface area contributed by atoms with Gasteiger partial charge >= 0.3 is 0 Å². The van der Waals surface area contributed by atoms with Gasteiger partial charge in [-0.3, -0.25) is 0 Å². The molecule has 0 amide bonds. The number of terminal acetylenes is 1. The fourth-order valence-corrected chi connectivity index (χ4v) is 2.28. The van der Waals surface area contributed by atoms with E-state index in [9.17, 15) is 10.2 Å². The van der Waals surface area contributed by atoms with Crippen molar-refractivity contribution in [1.82, 2.24) is 0 Å². The molecule has 0 aliphatic carbocycles. The van der Waals surface area contributed by atoms with Crippen molar-refractivity contribution in [2.75, 3.05) is 19.8 Å². The van der Waals surface area contributed by atoms with Crippen LogP contribution in [0.5, 0.6) is 0 Å². The molecule has 2 heterocycles. The molecule has 6 nitrogen and oxygen atoms in total. The quantitative estimate of drug-likeness (QED) is 0.662. The largest absolute Gasteiger partial charge is 0.382 e. The van der Waals surface area contributed by atoms with E-state index in [0.29, 0.717) is 0 Å². The van der Waals surface area contributed by atoms with E-state index in [4.69, 9.17) is 25.4 Å². The average Bonchev–Trinajstić information content (AvgIpc) is 2.37. The molecule has 2 rings (SSSR count). The first-order valence-electron chi connectivity index (χ1n) is 6.54. The van der Waals surface area contributed by atoms with Crippen LogP contribution in [-0.2, 0) is 18.9 Å². The Morgan fingerprint density at radius 3 is 1.95 bits per heavy atom. The minimum absolute atomic E-state index is 0.0509. The molecule has 20 heavy (non-hydrogen) atoms. The highest BCUT2D eigenvalue weighted by Gasteiger charge is 2.58. The molecule has 2 saturated heterocycles. The third-order valence-corrected chi connectivity index (χ3v) is 3.55. The lowest BCUT2D eigenvalue weighted by Crippen LogP contribution is -2.70. The Labute approximate surface area is 119 Å². The summed E-state index contributed by atoms with van der Waals surface area (Å²) in [7, 11) is 0. The Hall–Kier alpha value is -0.680. The summed E-state index contributed by atoms with van der Waals surface area (Å²) in [5.41, 5.74) is -3.28. The maximum atomic E-state index is 10.7. The zero-order valence-electron chi connectivity index (χ0n) is 12.3. The predicted octanol–water partition coefficient (Wildman–Crippen LogP) is 0.0162. The van der Waals surface area contributed by atoms with Gasteiger partial charge < -0.3 is 29.2 Å². The van der Waals surface area contributed by atoms with Crippen LogP contribution < -0.4 is 0 Å². The van der Waals surface area contributed by atoms with Crippen LogP contribution in [0.25, 0.3) is 0 Å². The Kier molecular flexibility index (Phi) is 3.66. The molecule has 0 bridgehead atoms. The zero-order valence-corrected chi connectivity index (χ0v) is 12.3. The van der Waals surface area contributed by atoms with Crippen LogP contribution in [0.1, 0.15) is 27.7 Å². The topological polar surface area (TPSA) is 77.4 Å². The molecule has 0 aromatic carbocycles. The second-order valence-electron chi connectivity index (χ2n) is 6.34. The molecule has 2 N–H and O–H groups in total. The molecule has 2 aliphatic heterocycles. The maximum Gasteiger partial charge on any atom is 0.177 e. The SMILES string of the molecule is C#CC1(O)COC(C)(C)OC1C1(O)COC(C)(C)OC1. The fourth-order valence-electron chi connectivity index (χ4n) is 2.28. The number of ether oxygens (including phenoxy) is 4. The van der Waals surface area contributed by atoms with Crippen LogP contribution in [0.2, 0.25) is 0 Å². The monoisotopic (exact) mass is 286 g/mol. The van der Waals surface area contributed by atoms with Gasteiger partial charge in [-0.05, 0) is 27.7 Å². The summed E-state index contributed by atoms with van der Waals surface area (Å²) in [4.78, 5) is 0. The van der Waals surface area contributed by atoms with Crippen molar-refractivity contribution in [2.24, 2.45) is 0 Å². The molecule has 2 atom stereocenters. The summed E-state index contributed by atoms with van der Waals surface area (Å²) in [5.74, 6) is 0.493. The lowest BCUT2D eigenvalue weighted by molar-refractivity contribution is -0.385. The molecule has 0 radical (unpaired) electrons. The third kappa shape index (κ3) is 2.84. The summed E-state index contributed by atoms with van der Waals surface area (Å²) >= 11 is 0. The van der Waals surface area contributed by atoms with Crippen molar-refractivity contribution >= 4 is 0 Å². The van der Waals surface area contributed by atoms with Crippen molar-refractivity contribution in [3.8, 4) is 12.3 Å². The Bertz CT molecular complexity index is 414. The van der Waals surface area contributed by atoms with E-state index in [2.05, 4.69) is 5.92 Å². The van der Waals surface area contributed by atoms with Crippen LogP contribution in [-0.4, -0.2) is 58.9 Å². The van der Waals surface area contributed by atoms with Crippen molar-refractivity contribution in [1.29, 1.82) is 0 Å². The van der Waals surface area contributed by atoms with Gasteiger partial charge in [0.2, 0.25) is 0 Å². The summed E-state index contributed by atoms with van der Waals surface area (Å²) < 4.78 is 22.0. The molecular weight excluding hydrogens is 264 g/mol. The first kappa shape index (κ1) is 15.7. The van der Waals surface area contributed by atoms with Gasteiger partial charge in [-0.2, -0.15) is 0 Å². The molecular formula is C14H22O6. The molecule has 0 aromatic rings. The summed E-state index contributed by atoms with van der Waals surface area (Å²) in [6, 6.07) is 0. The molecule has 0 spiro atoms. The minimum Gasteiger partial charge on any atom is -0.382 e. The highest BCUT2D eigenvalue weighted by molar-refractivity contribution is 5.18. The van der Waals surface area contributed by atoms with Gasteiger partial charge in [0.05, 0.1) is 19.8 Å². The van der Waals surface area contributed by atoms with E-state index in [-0.39, 0.29) is 19.8 Å². The molecule has 6 heteroatoms. The van der Waals surface area contributed by atoms with Gasteiger partial charge in [0.15, 0.2) is 17.2 Å². The number of hydrogen-bond donors (Lipinski definition) is 2.